The largest absolute Gasteiger partial charge is 0.326 e. The van der Waals surface area contributed by atoms with Gasteiger partial charge < -0.3 is 10.3 Å². The maximum Gasteiger partial charge on any atom is 0.259 e. The lowest BCUT2D eigenvalue weighted by Gasteiger charge is -2.09. The third-order valence-corrected chi connectivity index (χ3v) is 7.60. The second kappa shape index (κ2) is 9.35. The molecule has 1 amide bonds. The summed E-state index contributed by atoms with van der Waals surface area (Å²) in [5.74, 6) is 2.45. The van der Waals surface area contributed by atoms with E-state index in [2.05, 4.69) is 41.3 Å². The minimum atomic E-state index is -0.0161. The standard InChI is InChI=1S/C23H27N3O2S2/c1-14(2)15-7-9-16(10-8-15)24-20(27)11-12-29-13-19-25-22(28)21-17-5-3-4-6-18(17)30-23(21)26-19/h7-10,14H,3-6,11-13H2,1-2H3,(H,24,27)(H,25,26,28). The van der Waals surface area contributed by atoms with Gasteiger partial charge in [0.15, 0.2) is 0 Å². The van der Waals surface area contributed by atoms with E-state index >= 15 is 0 Å². The molecular formula is C23H27N3O2S2. The van der Waals surface area contributed by atoms with E-state index in [0.717, 1.165) is 35.2 Å². The molecule has 0 fully saturated rings. The molecule has 3 aromatic rings. The van der Waals surface area contributed by atoms with Crippen molar-refractivity contribution in [3.63, 3.8) is 0 Å². The van der Waals surface area contributed by atoms with Crippen molar-refractivity contribution in [1.29, 1.82) is 0 Å². The van der Waals surface area contributed by atoms with E-state index in [1.54, 1.807) is 23.1 Å². The van der Waals surface area contributed by atoms with Gasteiger partial charge in [-0.1, -0.05) is 26.0 Å². The average Bonchev–Trinajstić information content (AvgIpc) is 3.10. The summed E-state index contributed by atoms with van der Waals surface area (Å²) in [5.41, 5.74) is 3.28. The quantitative estimate of drug-likeness (QED) is 0.491. The topological polar surface area (TPSA) is 74.8 Å². The Kier molecular flexibility index (Phi) is 6.58. The first kappa shape index (κ1) is 21.1. The second-order valence-electron chi connectivity index (χ2n) is 8.03. The van der Waals surface area contributed by atoms with E-state index in [4.69, 9.17) is 0 Å². The number of aromatic nitrogens is 2. The predicted molar refractivity (Wildman–Crippen MR) is 127 cm³/mol. The van der Waals surface area contributed by atoms with Crippen molar-refractivity contribution in [3.05, 3.63) is 56.4 Å². The van der Waals surface area contributed by atoms with Crippen LogP contribution in [0, 0.1) is 0 Å². The Balaban J connectivity index is 1.29. The van der Waals surface area contributed by atoms with Gasteiger partial charge in [0.25, 0.3) is 5.56 Å². The molecule has 4 rings (SSSR count). The van der Waals surface area contributed by atoms with Gasteiger partial charge in [-0.3, -0.25) is 9.59 Å². The Morgan fingerprint density at radius 1 is 1.23 bits per heavy atom. The van der Waals surface area contributed by atoms with E-state index in [1.807, 2.05) is 12.1 Å². The van der Waals surface area contributed by atoms with Gasteiger partial charge >= 0.3 is 0 Å². The minimum Gasteiger partial charge on any atom is -0.326 e. The van der Waals surface area contributed by atoms with Crippen LogP contribution in [-0.4, -0.2) is 21.6 Å². The smallest absolute Gasteiger partial charge is 0.259 e. The molecule has 0 atom stereocenters. The highest BCUT2D eigenvalue weighted by atomic mass is 32.2. The number of thiophene rings is 1. The number of amides is 1. The first-order valence-electron chi connectivity index (χ1n) is 10.5. The number of H-pyrrole nitrogens is 1. The Hall–Kier alpha value is -2.12. The monoisotopic (exact) mass is 441 g/mol. The number of carbonyl (C=O) groups excluding carboxylic acids is 1. The van der Waals surface area contributed by atoms with Crippen molar-refractivity contribution in [2.45, 2.75) is 57.6 Å². The first-order valence-corrected chi connectivity index (χ1v) is 12.5. The number of hydrogen-bond acceptors (Lipinski definition) is 5. The third kappa shape index (κ3) is 4.78. The molecule has 0 saturated carbocycles. The number of fused-ring (bicyclic) bond motifs is 3. The van der Waals surface area contributed by atoms with E-state index in [1.165, 1.54) is 22.4 Å². The first-order chi connectivity index (χ1) is 14.5. The van der Waals surface area contributed by atoms with E-state index in [-0.39, 0.29) is 11.5 Å². The summed E-state index contributed by atoms with van der Waals surface area (Å²) in [6, 6.07) is 8.00. The summed E-state index contributed by atoms with van der Waals surface area (Å²) >= 11 is 3.29. The fourth-order valence-electron chi connectivity index (χ4n) is 3.79. The summed E-state index contributed by atoms with van der Waals surface area (Å²) in [4.78, 5) is 34.6. The van der Waals surface area contributed by atoms with Crippen LogP contribution in [0.15, 0.2) is 29.1 Å². The second-order valence-corrected chi connectivity index (χ2v) is 10.2. The van der Waals surface area contributed by atoms with Crippen LogP contribution >= 0.6 is 23.1 Å². The van der Waals surface area contributed by atoms with Gasteiger partial charge in [-0.05, 0) is 54.9 Å². The van der Waals surface area contributed by atoms with Crippen molar-refractivity contribution in [2.24, 2.45) is 0 Å². The number of benzene rings is 1. The van der Waals surface area contributed by atoms with Crippen molar-refractivity contribution in [1.82, 2.24) is 9.97 Å². The van der Waals surface area contributed by atoms with Crippen LogP contribution in [0.25, 0.3) is 10.2 Å². The van der Waals surface area contributed by atoms with Crippen LogP contribution in [-0.2, 0) is 23.4 Å². The molecule has 2 heterocycles. The number of thioether (sulfide) groups is 1. The SMILES string of the molecule is CC(C)c1ccc(NC(=O)CCSCc2nc3sc4c(c3c(=O)[nH]2)CCCC4)cc1. The summed E-state index contributed by atoms with van der Waals surface area (Å²) in [6.45, 7) is 4.30. The van der Waals surface area contributed by atoms with Gasteiger partial charge in [-0.2, -0.15) is 11.8 Å². The van der Waals surface area contributed by atoms with Gasteiger partial charge in [0.1, 0.15) is 10.7 Å². The van der Waals surface area contributed by atoms with Gasteiger partial charge in [-0.25, -0.2) is 4.98 Å². The molecule has 2 N–H and O–H groups in total. The fourth-order valence-corrected chi connectivity index (χ4v) is 5.87. The minimum absolute atomic E-state index is 0.00244. The number of nitrogens with one attached hydrogen (secondary N) is 2. The van der Waals surface area contributed by atoms with E-state index in [0.29, 0.717) is 29.7 Å². The molecule has 0 unspecified atom stereocenters. The fraction of sp³-hybridized carbons (Fsp3) is 0.435. The number of carbonyl (C=O) groups is 1. The van der Waals surface area contributed by atoms with Crippen molar-refractivity contribution in [3.8, 4) is 0 Å². The van der Waals surface area contributed by atoms with Crippen LogP contribution in [0.1, 0.15) is 60.9 Å². The molecule has 0 aliphatic heterocycles. The van der Waals surface area contributed by atoms with Crippen molar-refractivity contribution in [2.75, 3.05) is 11.1 Å². The van der Waals surface area contributed by atoms with Gasteiger partial charge in [0, 0.05) is 22.7 Å². The molecule has 158 valence electrons. The highest BCUT2D eigenvalue weighted by Gasteiger charge is 2.19. The third-order valence-electron chi connectivity index (χ3n) is 5.45. The molecule has 0 saturated heterocycles. The molecule has 0 spiro atoms. The van der Waals surface area contributed by atoms with Gasteiger partial charge in [0.05, 0.1) is 11.1 Å². The zero-order valence-electron chi connectivity index (χ0n) is 17.4. The normalized spacial score (nSPS) is 13.6. The zero-order chi connectivity index (χ0) is 21.1. The molecular weight excluding hydrogens is 414 g/mol. The number of nitrogens with zero attached hydrogens (tertiary/aromatic N) is 1. The Bertz CT molecular complexity index is 1100. The van der Waals surface area contributed by atoms with Gasteiger partial charge in [0.2, 0.25) is 5.91 Å². The summed E-state index contributed by atoms with van der Waals surface area (Å²) in [6.07, 6.45) is 4.83. The lowest BCUT2D eigenvalue weighted by molar-refractivity contribution is -0.115. The molecule has 2 aromatic heterocycles. The van der Waals surface area contributed by atoms with E-state index in [9.17, 15) is 9.59 Å². The number of aromatic amines is 1. The lowest BCUT2D eigenvalue weighted by Crippen LogP contribution is -2.13. The summed E-state index contributed by atoms with van der Waals surface area (Å²) in [7, 11) is 0. The van der Waals surface area contributed by atoms with Crippen molar-refractivity contribution >= 4 is 44.9 Å². The molecule has 5 nitrogen and oxygen atoms in total. The Labute approximate surface area is 184 Å². The molecule has 30 heavy (non-hydrogen) atoms. The zero-order valence-corrected chi connectivity index (χ0v) is 19.0. The van der Waals surface area contributed by atoms with E-state index < -0.39 is 0 Å². The summed E-state index contributed by atoms with van der Waals surface area (Å²) in [5, 5.41) is 3.74. The maximum absolute atomic E-state index is 12.6. The highest BCUT2D eigenvalue weighted by molar-refractivity contribution is 7.98. The number of hydrogen-bond donors (Lipinski definition) is 2. The van der Waals surface area contributed by atoms with Crippen LogP contribution in [0.4, 0.5) is 5.69 Å². The van der Waals surface area contributed by atoms with Crippen LogP contribution in [0.3, 0.4) is 0 Å². The molecule has 7 heteroatoms. The molecule has 0 radical (unpaired) electrons. The Morgan fingerprint density at radius 3 is 2.77 bits per heavy atom. The van der Waals surface area contributed by atoms with Crippen LogP contribution < -0.4 is 10.9 Å². The van der Waals surface area contributed by atoms with Gasteiger partial charge in [-0.15, -0.1) is 11.3 Å². The Morgan fingerprint density at radius 2 is 2.00 bits per heavy atom. The van der Waals surface area contributed by atoms with Crippen molar-refractivity contribution < 1.29 is 4.79 Å². The van der Waals surface area contributed by atoms with Crippen LogP contribution in [0.5, 0.6) is 0 Å². The average molecular weight is 442 g/mol. The number of anilines is 1. The highest BCUT2D eigenvalue weighted by Crippen LogP contribution is 2.33. The number of rotatable bonds is 7. The van der Waals surface area contributed by atoms with Crippen LogP contribution in [0.2, 0.25) is 0 Å². The maximum atomic E-state index is 12.6. The lowest BCUT2D eigenvalue weighted by atomic mass is 9.97. The molecule has 1 aliphatic carbocycles. The predicted octanol–water partition coefficient (Wildman–Crippen LogP) is 5.25. The number of aryl methyl sites for hydroxylation is 2. The summed E-state index contributed by atoms with van der Waals surface area (Å²) < 4.78 is 0. The molecule has 0 bridgehead atoms. The molecule has 1 aromatic carbocycles. The molecule has 1 aliphatic rings.